The van der Waals surface area contributed by atoms with Gasteiger partial charge in [-0.05, 0) is 49.6 Å². The van der Waals surface area contributed by atoms with E-state index in [-0.39, 0.29) is 16.7 Å². The largest absolute Gasteiger partial charge is 0.326 e. The van der Waals surface area contributed by atoms with Gasteiger partial charge in [-0.3, -0.25) is 4.79 Å². The molecule has 0 spiro atoms. The molecule has 25 heavy (non-hydrogen) atoms. The van der Waals surface area contributed by atoms with Crippen LogP contribution in [0.5, 0.6) is 0 Å². The molecule has 0 atom stereocenters. The minimum Gasteiger partial charge on any atom is -0.326 e. The third-order valence-electron chi connectivity index (χ3n) is 3.91. The van der Waals surface area contributed by atoms with Crippen LogP contribution < -0.4 is 10.1 Å². The van der Waals surface area contributed by atoms with Crippen molar-refractivity contribution < 1.29 is 13.2 Å². The van der Waals surface area contributed by atoms with E-state index in [0.29, 0.717) is 5.71 Å². The Morgan fingerprint density at radius 1 is 1.04 bits per heavy atom. The van der Waals surface area contributed by atoms with Crippen LogP contribution in [0.25, 0.3) is 0 Å². The van der Waals surface area contributed by atoms with Crippen molar-refractivity contribution in [2.75, 3.05) is 5.32 Å². The van der Waals surface area contributed by atoms with E-state index in [1.807, 2.05) is 0 Å². The van der Waals surface area contributed by atoms with E-state index in [2.05, 4.69) is 15.2 Å². The maximum Gasteiger partial charge on any atom is 0.276 e. The van der Waals surface area contributed by atoms with Gasteiger partial charge in [0.1, 0.15) is 0 Å². The minimum absolute atomic E-state index is 0.0498. The Labute approximate surface area is 147 Å². The van der Waals surface area contributed by atoms with E-state index >= 15 is 0 Å². The number of amides is 1. The number of carbonyl (C=O) groups is 1. The average molecular weight is 357 g/mol. The summed E-state index contributed by atoms with van der Waals surface area (Å²) in [5, 5.41) is 6.82. The van der Waals surface area contributed by atoms with Gasteiger partial charge in [-0.15, -0.1) is 0 Å². The molecule has 3 rings (SSSR count). The van der Waals surface area contributed by atoms with Crippen LogP contribution in [-0.2, 0) is 14.8 Å². The van der Waals surface area contributed by atoms with Crippen molar-refractivity contribution in [2.45, 2.75) is 24.7 Å². The van der Waals surface area contributed by atoms with Crippen LogP contribution in [0.3, 0.4) is 0 Å². The standard InChI is InChI=1S/C18H19N3O3S/c1-13(20-21-25(23,24)17-5-3-2-4-6-17)14-9-11-16(12-10-14)19-18(22)15-7-8-15/h2-6,9-12,15,21H,7-8H2,1H3,(H,19,22). The summed E-state index contributed by atoms with van der Waals surface area (Å²) in [6.45, 7) is 1.71. The highest BCUT2D eigenvalue weighted by Gasteiger charge is 2.29. The molecule has 0 aliphatic heterocycles. The van der Waals surface area contributed by atoms with Gasteiger partial charge in [0.05, 0.1) is 10.6 Å². The molecule has 6 nitrogen and oxygen atoms in total. The number of carbonyl (C=O) groups excluding carboxylic acids is 1. The van der Waals surface area contributed by atoms with Crippen molar-refractivity contribution in [3.8, 4) is 0 Å². The van der Waals surface area contributed by atoms with Crippen molar-refractivity contribution in [1.82, 2.24) is 4.83 Å². The van der Waals surface area contributed by atoms with Crippen LogP contribution in [0.15, 0.2) is 64.6 Å². The molecule has 0 saturated heterocycles. The maximum atomic E-state index is 12.1. The number of anilines is 1. The molecule has 1 aliphatic carbocycles. The lowest BCUT2D eigenvalue weighted by Crippen LogP contribution is -2.19. The van der Waals surface area contributed by atoms with Crippen molar-refractivity contribution in [1.29, 1.82) is 0 Å². The molecule has 0 bridgehead atoms. The van der Waals surface area contributed by atoms with Gasteiger partial charge in [-0.25, -0.2) is 0 Å². The third-order valence-corrected chi connectivity index (χ3v) is 5.13. The fourth-order valence-corrected chi connectivity index (χ4v) is 3.11. The van der Waals surface area contributed by atoms with Gasteiger partial charge in [-0.2, -0.15) is 18.4 Å². The highest BCUT2D eigenvalue weighted by Crippen LogP contribution is 2.30. The second-order valence-corrected chi connectivity index (χ2v) is 7.61. The first kappa shape index (κ1) is 17.2. The average Bonchev–Trinajstić information content (AvgIpc) is 3.46. The molecule has 2 aromatic rings. The van der Waals surface area contributed by atoms with Gasteiger partial charge in [0.25, 0.3) is 10.0 Å². The zero-order valence-corrected chi connectivity index (χ0v) is 14.6. The van der Waals surface area contributed by atoms with Crippen molar-refractivity contribution >= 4 is 27.3 Å². The monoisotopic (exact) mass is 357 g/mol. The Morgan fingerprint density at radius 2 is 1.68 bits per heavy atom. The first-order chi connectivity index (χ1) is 12.0. The second-order valence-electron chi connectivity index (χ2n) is 5.95. The summed E-state index contributed by atoms with van der Waals surface area (Å²) in [4.78, 5) is 14.1. The highest BCUT2D eigenvalue weighted by molar-refractivity contribution is 7.89. The van der Waals surface area contributed by atoms with Gasteiger partial charge >= 0.3 is 0 Å². The molecule has 1 saturated carbocycles. The number of rotatable bonds is 6. The van der Waals surface area contributed by atoms with Crippen LogP contribution in [0.4, 0.5) is 5.69 Å². The van der Waals surface area contributed by atoms with Gasteiger partial charge < -0.3 is 5.32 Å². The molecule has 0 heterocycles. The number of hydrogen-bond acceptors (Lipinski definition) is 4. The summed E-state index contributed by atoms with van der Waals surface area (Å²) in [6.07, 6.45) is 1.91. The fraction of sp³-hybridized carbons (Fsp3) is 0.222. The number of hydrogen-bond donors (Lipinski definition) is 2. The lowest BCUT2D eigenvalue weighted by molar-refractivity contribution is -0.117. The molecule has 2 N–H and O–H groups in total. The molecular weight excluding hydrogens is 338 g/mol. The summed E-state index contributed by atoms with van der Waals surface area (Å²) in [5.41, 5.74) is 2.01. The minimum atomic E-state index is -3.68. The second kappa shape index (κ2) is 7.06. The SMILES string of the molecule is CC(=NNS(=O)(=O)c1ccccc1)c1ccc(NC(=O)C2CC2)cc1. The quantitative estimate of drug-likeness (QED) is 0.615. The molecule has 2 aromatic carbocycles. The van der Waals surface area contributed by atoms with E-state index in [1.54, 1.807) is 49.4 Å². The predicted octanol–water partition coefficient (Wildman–Crippen LogP) is 2.74. The van der Waals surface area contributed by atoms with Crippen LogP contribution in [0.2, 0.25) is 0 Å². The zero-order valence-electron chi connectivity index (χ0n) is 13.8. The summed E-state index contributed by atoms with van der Waals surface area (Å²) >= 11 is 0. The van der Waals surface area contributed by atoms with Gasteiger partial charge in [0.2, 0.25) is 5.91 Å². The lowest BCUT2D eigenvalue weighted by Gasteiger charge is -2.07. The topological polar surface area (TPSA) is 87.6 Å². The molecule has 1 fully saturated rings. The smallest absolute Gasteiger partial charge is 0.276 e. The summed E-state index contributed by atoms with van der Waals surface area (Å²) in [7, 11) is -3.68. The molecular formula is C18H19N3O3S. The van der Waals surface area contributed by atoms with Gasteiger partial charge in [0.15, 0.2) is 0 Å². The van der Waals surface area contributed by atoms with Crippen molar-refractivity contribution in [2.24, 2.45) is 11.0 Å². The third kappa shape index (κ3) is 4.45. The Morgan fingerprint density at radius 3 is 2.28 bits per heavy atom. The number of nitrogens with one attached hydrogen (secondary N) is 2. The highest BCUT2D eigenvalue weighted by atomic mass is 32.2. The molecule has 130 valence electrons. The first-order valence-electron chi connectivity index (χ1n) is 7.98. The van der Waals surface area contributed by atoms with Crippen LogP contribution >= 0.6 is 0 Å². The molecule has 7 heteroatoms. The van der Waals surface area contributed by atoms with Crippen molar-refractivity contribution in [3.63, 3.8) is 0 Å². The fourth-order valence-electron chi connectivity index (χ4n) is 2.23. The molecule has 0 radical (unpaired) electrons. The lowest BCUT2D eigenvalue weighted by atomic mass is 10.1. The Hall–Kier alpha value is -2.67. The Balaban J connectivity index is 1.66. The van der Waals surface area contributed by atoms with Gasteiger partial charge in [-0.1, -0.05) is 30.3 Å². The molecule has 0 unspecified atom stereocenters. The van der Waals surface area contributed by atoms with Gasteiger partial charge in [0, 0.05) is 11.6 Å². The summed E-state index contributed by atoms with van der Waals surface area (Å²) < 4.78 is 24.3. The van der Waals surface area contributed by atoms with E-state index in [1.165, 1.54) is 12.1 Å². The van der Waals surface area contributed by atoms with Crippen molar-refractivity contribution in [3.05, 3.63) is 60.2 Å². The summed E-state index contributed by atoms with van der Waals surface area (Å²) in [5.74, 6) is 0.198. The molecule has 1 aliphatic rings. The van der Waals surface area contributed by atoms with Crippen LogP contribution in [0.1, 0.15) is 25.3 Å². The number of hydrazone groups is 1. The molecule has 0 aromatic heterocycles. The first-order valence-corrected chi connectivity index (χ1v) is 9.46. The van der Waals surface area contributed by atoms with E-state index in [0.717, 1.165) is 24.1 Å². The predicted molar refractivity (Wildman–Crippen MR) is 96.8 cm³/mol. The Kier molecular flexibility index (Phi) is 4.85. The van der Waals surface area contributed by atoms with E-state index < -0.39 is 10.0 Å². The normalized spacial score (nSPS) is 14.8. The Bertz CT molecular complexity index is 887. The van der Waals surface area contributed by atoms with Crippen LogP contribution in [-0.4, -0.2) is 20.0 Å². The van der Waals surface area contributed by atoms with Crippen LogP contribution in [0, 0.1) is 5.92 Å². The molecule has 1 amide bonds. The van der Waals surface area contributed by atoms with E-state index in [9.17, 15) is 13.2 Å². The van der Waals surface area contributed by atoms with E-state index in [4.69, 9.17) is 0 Å². The maximum absolute atomic E-state index is 12.1. The number of sulfonamides is 1. The summed E-state index contributed by atoms with van der Waals surface area (Å²) in [6, 6.07) is 15.2. The zero-order chi connectivity index (χ0) is 17.9. The number of benzene rings is 2. The number of nitrogens with zero attached hydrogens (tertiary/aromatic N) is 1.